The highest BCUT2D eigenvalue weighted by molar-refractivity contribution is 5.65. The van der Waals surface area contributed by atoms with E-state index >= 15 is 0 Å². The van der Waals surface area contributed by atoms with Crippen molar-refractivity contribution in [3.63, 3.8) is 0 Å². The zero-order valence-electron chi connectivity index (χ0n) is 14.1. The van der Waals surface area contributed by atoms with Crippen LogP contribution in [0.3, 0.4) is 0 Å². The maximum Gasteiger partial charge on any atom is 0.407 e. The molecule has 2 aromatic carbocycles. The molecule has 0 spiro atoms. The molecule has 3 N–H and O–H groups in total. The molecule has 132 valence electrons. The van der Waals surface area contributed by atoms with E-state index in [2.05, 4.69) is 0 Å². The smallest absolute Gasteiger partial charge is 0.407 e. The standard InChI is InChI=1S/C20H23NO4/c22-13-8-15-6-7-18(23)17(14-15)20(16-4-2-1-3-5-16)9-11-21(12-10-20)19(24)25/h1-7,14,22-23H,8-13H2,(H,24,25). The van der Waals surface area contributed by atoms with Gasteiger partial charge in [0.2, 0.25) is 0 Å². The molecule has 25 heavy (non-hydrogen) atoms. The monoisotopic (exact) mass is 341 g/mol. The molecule has 1 saturated heterocycles. The fourth-order valence-electron chi connectivity index (χ4n) is 3.80. The summed E-state index contributed by atoms with van der Waals surface area (Å²) in [5.41, 5.74) is 2.43. The van der Waals surface area contributed by atoms with Gasteiger partial charge in [-0.2, -0.15) is 0 Å². The van der Waals surface area contributed by atoms with Crippen LogP contribution in [0, 0.1) is 0 Å². The van der Waals surface area contributed by atoms with Gasteiger partial charge < -0.3 is 20.2 Å². The molecule has 1 amide bonds. The van der Waals surface area contributed by atoms with E-state index in [-0.39, 0.29) is 12.4 Å². The molecule has 0 aliphatic carbocycles. The van der Waals surface area contributed by atoms with Crippen molar-refractivity contribution in [1.29, 1.82) is 0 Å². The normalized spacial score (nSPS) is 16.6. The number of aromatic hydroxyl groups is 1. The molecule has 0 atom stereocenters. The van der Waals surface area contributed by atoms with Crippen molar-refractivity contribution >= 4 is 6.09 Å². The number of nitrogens with zero attached hydrogens (tertiary/aromatic N) is 1. The molecule has 5 nitrogen and oxygen atoms in total. The molecule has 1 heterocycles. The quantitative estimate of drug-likeness (QED) is 0.798. The molecule has 1 aliphatic heterocycles. The van der Waals surface area contributed by atoms with Gasteiger partial charge in [0.1, 0.15) is 5.75 Å². The highest BCUT2D eigenvalue weighted by Gasteiger charge is 2.40. The van der Waals surface area contributed by atoms with Crippen LogP contribution in [0.1, 0.15) is 29.5 Å². The van der Waals surface area contributed by atoms with Crippen molar-refractivity contribution in [2.75, 3.05) is 19.7 Å². The summed E-state index contributed by atoms with van der Waals surface area (Å²) in [5.74, 6) is 0.217. The topological polar surface area (TPSA) is 81.0 Å². The SMILES string of the molecule is O=C(O)N1CCC(c2ccccc2)(c2cc(CCO)ccc2O)CC1. The second kappa shape index (κ2) is 7.15. The van der Waals surface area contributed by atoms with Crippen LogP contribution in [0.25, 0.3) is 0 Å². The average Bonchev–Trinajstić information content (AvgIpc) is 2.64. The van der Waals surface area contributed by atoms with Gasteiger partial charge in [0.25, 0.3) is 0 Å². The van der Waals surface area contributed by atoms with Crippen molar-refractivity contribution < 1.29 is 20.1 Å². The van der Waals surface area contributed by atoms with Gasteiger partial charge in [-0.3, -0.25) is 0 Å². The molecule has 2 aromatic rings. The molecule has 0 saturated carbocycles. The molecule has 0 bridgehead atoms. The minimum atomic E-state index is -0.903. The van der Waals surface area contributed by atoms with E-state index in [1.807, 2.05) is 42.5 Å². The van der Waals surface area contributed by atoms with E-state index in [1.54, 1.807) is 6.07 Å². The van der Waals surface area contributed by atoms with E-state index in [1.165, 1.54) is 4.90 Å². The van der Waals surface area contributed by atoms with Crippen LogP contribution >= 0.6 is 0 Å². The number of carboxylic acid groups (broad SMARTS) is 1. The van der Waals surface area contributed by atoms with E-state index in [4.69, 9.17) is 0 Å². The lowest BCUT2D eigenvalue weighted by Gasteiger charge is -2.42. The second-order valence-corrected chi connectivity index (χ2v) is 6.54. The van der Waals surface area contributed by atoms with Gasteiger partial charge in [0, 0.05) is 30.7 Å². The van der Waals surface area contributed by atoms with Crippen LogP contribution in [0.15, 0.2) is 48.5 Å². The predicted molar refractivity (Wildman–Crippen MR) is 95.0 cm³/mol. The predicted octanol–water partition coefficient (Wildman–Crippen LogP) is 2.99. The number of benzene rings is 2. The number of hydrogen-bond acceptors (Lipinski definition) is 3. The van der Waals surface area contributed by atoms with Gasteiger partial charge in [0.05, 0.1) is 0 Å². The number of aliphatic hydroxyl groups excluding tert-OH is 1. The number of rotatable bonds is 4. The minimum absolute atomic E-state index is 0.0509. The largest absolute Gasteiger partial charge is 0.508 e. The highest BCUT2D eigenvalue weighted by atomic mass is 16.4. The molecular formula is C20H23NO4. The first-order valence-electron chi connectivity index (χ1n) is 8.53. The second-order valence-electron chi connectivity index (χ2n) is 6.54. The van der Waals surface area contributed by atoms with Crippen molar-refractivity contribution in [3.8, 4) is 5.75 Å². The van der Waals surface area contributed by atoms with Crippen molar-refractivity contribution in [2.24, 2.45) is 0 Å². The van der Waals surface area contributed by atoms with E-state index < -0.39 is 11.5 Å². The number of aliphatic hydroxyl groups is 1. The Kier molecular flexibility index (Phi) is 4.95. The number of phenolic OH excluding ortho intramolecular Hbond substituents is 1. The zero-order chi connectivity index (χ0) is 17.9. The molecule has 5 heteroatoms. The number of amides is 1. The number of phenols is 1. The lowest BCUT2D eigenvalue weighted by atomic mass is 9.67. The van der Waals surface area contributed by atoms with Crippen LogP contribution in [-0.4, -0.2) is 46.0 Å². The maximum atomic E-state index is 11.3. The Bertz CT molecular complexity index is 737. The van der Waals surface area contributed by atoms with Gasteiger partial charge >= 0.3 is 6.09 Å². The summed E-state index contributed by atoms with van der Waals surface area (Å²) in [6, 6.07) is 15.4. The molecule has 0 aromatic heterocycles. The lowest BCUT2D eigenvalue weighted by molar-refractivity contribution is 0.122. The fourth-order valence-corrected chi connectivity index (χ4v) is 3.80. The van der Waals surface area contributed by atoms with Crippen molar-refractivity contribution in [1.82, 2.24) is 4.90 Å². The average molecular weight is 341 g/mol. The van der Waals surface area contributed by atoms with Crippen molar-refractivity contribution in [2.45, 2.75) is 24.7 Å². The Balaban J connectivity index is 2.07. The lowest BCUT2D eigenvalue weighted by Crippen LogP contribution is -2.45. The fraction of sp³-hybridized carbons (Fsp3) is 0.350. The third-order valence-electron chi connectivity index (χ3n) is 5.19. The third-order valence-corrected chi connectivity index (χ3v) is 5.19. The first-order chi connectivity index (χ1) is 12.1. The summed E-state index contributed by atoms with van der Waals surface area (Å²) < 4.78 is 0. The maximum absolute atomic E-state index is 11.3. The summed E-state index contributed by atoms with van der Waals surface area (Å²) >= 11 is 0. The van der Waals surface area contributed by atoms with Crippen LogP contribution in [-0.2, 0) is 11.8 Å². The van der Waals surface area contributed by atoms with Gasteiger partial charge in [-0.05, 0) is 36.5 Å². The Morgan fingerprint density at radius 1 is 1.08 bits per heavy atom. The number of piperidine rings is 1. The van der Waals surface area contributed by atoms with Gasteiger partial charge in [-0.1, -0.05) is 42.5 Å². The molecule has 3 rings (SSSR count). The number of carbonyl (C=O) groups is 1. The summed E-state index contributed by atoms with van der Waals surface area (Å²) in [6.07, 6.45) is 0.845. The number of likely N-dealkylation sites (tertiary alicyclic amines) is 1. The van der Waals surface area contributed by atoms with Crippen LogP contribution in [0.2, 0.25) is 0 Å². The van der Waals surface area contributed by atoms with E-state index in [0.29, 0.717) is 32.4 Å². The third kappa shape index (κ3) is 3.33. The molecule has 1 aliphatic rings. The zero-order valence-corrected chi connectivity index (χ0v) is 14.1. The van der Waals surface area contributed by atoms with Gasteiger partial charge in [-0.15, -0.1) is 0 Å². The Morgan fingerprint density at radius 3 is 2.36 bits per heavy atom. The van der Waals surface area contributed by atoms with Crippen LogP contribution in [0.4, 0.5) is 4.79 Å². The van der Waals surface area contributed by atoms with E-state index in [0.717, 1.165) is 16.7 Å². The molecule has 1 fully saturated rings. The van der Waals surface area contributed by atoms with Gasteiger partial charge in [0.15, 0.2) is 0 Å². The summed E-state index contributed by atoms with van der Waals surface area (Å²) in [4.78, 5) is 12.7. The molecular weight excluding hydrogens is 318 g/mol. The minimum Gasteiger partial charge on any atom is -0.508 e. The van der Waals surface area contributed by atoms with Crippen LogP contribution in [0.5, 0.6) is 5.75 Å². The summed E-state index contributed by atoms with van der Waals surface area (Å²) in [6.45, 7) is 0.900. The van der Waals surface area contributed by atoms with Crippen molar-refractivity contribution in [3.05, 3.63) is 65.2 Å². The Hall–Kier alpha value is -2.53. The van der Waals surface area contributed by atoms with Gasteiger partial charge in [-0.25, -0.2) is 4.79 Å². The Morgan fingerprint density at radius 2 is 1.76 bits per heavy atom. The first kappa shape index (κ1) is 17.3. The van der Waals surface area contributed by atoms with Crippen LogP contribution < -0.4 is 0 Å². The Labute approximate surface area is 147 Å². The number of hydrogen-bond donors (Lipinski definition) is 3. The summed E-state index contributed by atoms with van der Waals surface area (Å²) in [7, 11) is 0. The first-order valence-corrected chi connectivity index (χ1v) is 8.53. The highest BCUT2D eigenvalue weighted by Crippen LogP contribution is 2.45. The molecule has 0 unspecified atom stereocenters. The summed E-state index contributed by atoms with van der Waals surface area (Å²) in [5, 5.41) is 29.1. The van der Waals surface area contributed by atoms with E-state index in [9.17, 15) is 20.1 Å². The molecule has 0 radical (unpaired) electrons.